The van der Waals surface area contributed by atoms with E-state index in [4.69, 9.17) is 4.74 Å². The van der Waals surface area contributed by atoms with E-state index in [9.17, 15) is 4.79 Å². The number of rotatable bonds is 5. The van der Waals surface area contributed by atoms with Crippen molar-refractivity contribution in [2.24, 2.45) is 0 Å². The van der Waals surface area contributed by atoms with Gasteiger partial charge in [0.2, 0.25) is 0 Å². The summed E-state index contributed by atoms with van der Waals surface area (Å²) in [7, 11) is 0. The number of benzene rings is 1. The molecule has 0 spiro atoms. The highest BCUT2D eigenvalue weighted by Crippen LogP contribution is 2.29. The van der Waals surface area contributed by atoms with Gasteiger partial charge in [-0.1, -0.05) is 18.2 Å². The maximum Gasteiger partial charge on any atom is 0.253 e. The summed E-state index contributed by atoms with van der Waals surface area (Å²) >= 11 is 0. The highest BCUT2D eigenvalue weighted by Gasteiger charge is 2.39. The minimum Gasteiger partial charge on any atom is -0.370 e. The van der Waals surface area contributed by atoms with Gasteiger partial charge in [-0.3, -0.25) is 4.79 Å². The van der Waals surface area contributed by atoms with Crippen molar-refractivity contribution in [2.45, 2.75) is 25.9 Å². The number of ether oxygens (including phenoxy) is 1. The van der Waals surface area contributed by atoms with Crippen molar-refractivity contribution in [3.8, 4) is 0 Å². The minimum atomic E-state index is 0.0182. The first-order valence-electron chi connectivity index (χ1n) is 6.13. The molecule has 0 N–H and O–H groups in total. The lowest BCUT2D eigenvalue weighted by molar-refractivity contribution is 0.0752. The Morgan fingerprint density at radius 2 is 2.06 bits per heavy atom. The molecular formula is C14H19NO2. The summed E-state index contributed by atoms with van der Waals surface area (Å²) in [6, 6.07) is 9.44. The van der Waals surface area contributed by atoms with Gasteiger partial charge in [0.1, 0.15) is 0 Å². The van der Waals surface area contributed by atoms with Crippen LogP contribution in [0, 0.1) is 0 Å². The minimum absolute atomic E-state index is 0.0182. The SMILES string of the molecule is CCN(CCC1(C)CO1)C(=O)c1ccccc1. The fourth-order valence-corrected chi connectivity index (χ4v) is 1.81. The van der Waals surface area contributed by atoms with Crippen LogP contribution in [0.1, 0.15) is 30.6 Å². The van der Waals surface area contributed by atoms with Gasteiger partial charge in [-0.15, -0.1) is 0 Å². The second-order valence-corrected chi connectivity index (χ2v) is 4.74. The van der Waals surface area contributed by atoms with E-state index in [1.54, 1.807) is 0 Å². The predicted molar refractivity (Wildman–Crippen MR) is 67.0 cm³/mol. The van der Waals surface area contributed by atoms with Crippen molar-refractivity contribution in [3.05, 3.63) is 35.9 Å². The van der Waals surface area contributed by atoms with Gasteiger partial charge in [-0.25, -0.2) is 0 Å². The number of carbonyl (C=O) groups excluding carboxylic acids is 1. The van der Waals surface area contributed by atoms with Gasteiger partial charge in [-0.05, 0) is 32.4 Å². The molecule has 1 fully saturated rings. The van der Waals surface area contributed by atoms with Gasteiger partial charge in [0.25, 0.3) is 5.91 Å². The Morgan fingerprint density at radius 1 is 1.41 bits per heavy atom. The van der Waals surface area contributed by atoms with Gasteiger partial charge in [0.15, 0.2) is 0 Å². The molecule has 1 aromatic carbocycles. The molecule has 1 aliphatic heterocycles. The normalized spacial score (nSPS) is 22.2. The van der Waals surface area contributed by atoms with Crippen LogP contribution in [-0.4, -0.2) is 36.1 Å². The molecule has 0 aliphatic carbocycles. The fourth-order valence-electron chi connectivity index (χ4n) is 1.81. The number of epoxide rings is 1. The lowest BCUT2D eigenvalue weighted by Crippen LogP contribution is -2.33. The van der Waals surface area contributed by atoms with Gasteiger partial charge in [0, 0.05) is 18.7 Å². The van der Waals surface area contributed by atoms with E-state index in [1.165, 1.54) is 0 Å². The molecule has 1 saturated heterocycles. The Morgan fingerprint density at radius 3 is 2.59 bits per heavy atom. The second-order valence-electron chi connectivity index (χ2n) is 4.74. The first-order chi connectivity index (χ1) is 8.14. The largest absolute Gasteiger partial charge is 0.370 e. The maximum atomic E-state index is 12.2. The average Bonchev–Trinajstić information content (AvgIpc) is 3.09. The summed E-state index contributed by atoms with van der Waals surface area (Å²) in [6.45, 7) is 6.43. The van der Waals surface area contributed by atoms with Gasteiger partial charge < -0.3 is 9.64 Å². The van der Waals surface area contributed by atoms with E-state index < -0.39 is 0 Å². The van der Waals surface area contributed by atoms with Crippen LogP contribution < -0.4 is 0 Å². The molecule has 2 rings (SSSR count). The molecule has 17 heavy (non-hydrogen) atoms. The maximum absolute atomic E-state index is 12.2. The number of hydrogen-bond acceptors (Lipinski definition) is 2. The molecule has 0 bridgehead atoms. The molecule has 3 nitrogen and oxygen atoms in total. The summed E-state index contributed by atoms with van der Waals surface area (Å²) in [5, 5.41) is 0. The van der Waals surface area contributed by atoms with Crippen LogP contribution in [0.5, 0.6) is 0 Å². The van der Waals surface area contributed by atoms with Crippen LogP contribution in [0.3, 0.4) is 0 Å². The highest BCUT2D eigenvalue weighted by atomic mass is 16.6. The smallest absolute Gasteiger partial charge is 0.253 e. The van der Waals surface area contributed by atoms with Crippen molar-refractivity contribution < 1.29 is 9.53 Å². The predicted octanol–water partition coefficient (Wildman–Crippen LogP) is 2.33. The second kappa shape index (κ2) is 4.88. The lowest BCUT2D eigenvalue weighted by Gasteiger charge is -2.21. The first kappa shape index (κ1) is 12.1. The lowest BCUT2D eigenvalue weighted by atomic mass is 10.1. The van der Waals surface area contributed by atoms with Crippen LogP contribution in [0.15, 0.2) is 30.3 Å². The Kier molecular flexibility index (Phi) is 3.48. The van der Waals surface area contributed by atoms with E-state index in [2.05, 4.69) is 6.92 Å². The molecule has 1 amide bonds. The highest BCUT2D eigenvalue weighted by molar-refractivity contribution is 5.94. The molecule has 0 radical (unpaired) electrons. The molecule has 92 valence electrons. The van der Waals surface area contributed by atoms with Crippen LogP contribution in [-0.2, 0) is 4.74 Å². The zero-order chi connectivity index (χ0) is 12.3. The van der Waals surface area contributed by atoms with Crippen molar-refractivity contribution in [1.29, 1.82) is 0 Å². The average molecular weight is 233 g/mol. The fraction of sp³-hybridized carbons (Fsp3) is 0.500. The van der Waals surface area contributed by atoms with E-state index in [-0.39, 0.29) is 11.5 Å². The molecule has 1 heterocycles. The molecule has 0 aromatic heterocycles. The number of amides is 1. The third kappa shape index (κ3) is 3.07. The summed E-state index contributed by atoms with van der Waals surface area (Å²) in [5.74, 6) is 0.109. The molecule has 1 aromatic rings. The van der Waals surface area contributed by atoms with E-state index in [0.29, 0.717) is 0 Å². The molecule has 1 unspecified atom stereocenters. The topological polar surface area (TPSA) is 32.8 Å². The van der Waals surface area contributed by atoms with Crippen molar-refractivity contribution in [3.63, 3.8) is 0 Å². The molecule has 0 saturated carbocycles. The number of nitrogens with zero attached hydrogens (tertiary/aromatic N) is 1. The van der Waals surface area contributed by atoms with E-state index in [0.717, 1.165) is 31.7 Å². The third-order valence-corrected chi connectivity index (χ3v) is 3.24. The molecule has 1 atom stereocenters. The summed E-state index contributed by atoms with van der Waals surface area (Å²) < 4.78 is 5.34. The van der Waals surface area contributed by atoms with Crippen LogP contribution >= 0.6 is 0 Å². The molecule has 3 heteroatoms. The van der Waals surface area contributed by atoms with Gasteiger partial charge >= 0.3 is 0 Å². The quantitative estimate of drug-likeness (QED) is 0.731. The van der Waals surface area contributed by atoms with Crippen LogP contribution in [0.25, 0.3) is 0 Å². The summed E-state index contributed by atoms with van der Waals surface area (Å²) in [4.78, 5) is 14.1. The Hall–Kier alpha value is -1.35. The van der Waals surface area contributed by atoms with Gasteiger partial charge in [0.05, 0.1) is 12.2 Å². The number of hydrogen-bond donors (Lipinski definition) is 0. The molecule has 1 aliphatic rings. The van der Waals surface area contributed by atoms with E-state index in [1.807, 2.05) is 42.2 Å². The van der Waals surface area contributed by atoms with Gasteiger partial charge in [-0.2, -0.15) is 0 Å². The number of carbonyl (C=O) groups is 1. The zero-order valence-electron chi connectivity index (χ0n) is 10.5. The summed E-state index contributed by atoms with van der Waals surface area (Å²) in [5.41, 5.74) is 0.779. The Bertz CT molecular complexity index is 384. The Balaban J connectivity index is 1.95. The van der Waals surface area contributed by atoms with E-state index >= 15 is 0 Å². The van der Waals surface area contributed by atoms with Crippen molar-refractivity contribution in [1.82, 2.24) is 4.90 Å². The van der Waals surface area contributed by atoms with Crippen LogP contribution in [0.2, 0.25) is 0 Å². The van der Waals surface area contributed by atoms with Crippen molar-refractivity contribution in [2.75, 3.05) is 19.7 Å². The standard InChI is InChI=1S/C14H19NO2/c1-3-15(10-9-14(2)11-17-14)13(16)12-7-5-4-6-8-12/h4-8H,3,9-11H2,1-2H3. The monoisotopic (exact) mass is 233 g/mol. The first-order valence-corrected chi connectivity index (χ1v) is 6.13. The zero-order valence-corrected chi connectivity index (χ0v) is 10.5. The molecular weight excluding hydrogens is 214 g/mol. The Labute approximate surface area is 102 Å². The third-order valence-electron chi connectivity index (χ3n) is 3.24. The summed E-state index contributed by atoms with van der Waals surface area (Å²) in [6.07, 6.45) is 0.916. The van der Waals surface area contributed by atoms with Crippen molar-refractivity contribution >= 4 is 5.91 Å². The van der Waals surface area contributed by atoms with Crippen LogP contribution in [0.4, 0.5) is 0 Å².